The number of hydrogen-bond acceptors (Lipinski definition) is 6. The molecule has 0 spiro atoms. The molecule has 0 amide bonds. The molecule has 0 saturated carbocycles. The summed E-state index contributed by atoms with van der Waals surface area (Å²) < 4.78 is 7.78. The van der Waals surface area contributed by atoms with Gasteiger partial charge in [0.05, 0.1) is 44.8 Å². The molecule has 24 heavy (non-hydrogen) atoms. The van der Waals surface area contributed by atoms with Crippen molar-refractivity contribution in [3.63, 3.8) is 0 Å². The van der Waals surface area contributed by atoms with Crippen molar-refractivity contribution in [2.45, 2.75) is 32.5 Å². The SMILES string of the molecule is C[NH+](C)CCNc1nc2sc3c(c2c2ncnn12)CC(C)(C)OC3. The number of nitrogens with one attached hydrogen (secondary N) is 2. The molecule has 0 atom stereocenters. The van der Waals surface area contributed by atoms with Crippen molar-refractivity contribution < 1.29 is 9.64 Å². The van der Waals surface area contributed by atoms with Crippen LogP contribution < -0.4 is 10.2 Å². The minimum Gasteiger partial charge on any atom is -0.370 e. The van der Waals surface area contributed by atoms with Crippen LogP contribution in [0, 0.1) is 0 Å². The molecule has 0 aromatic carbocycles. The maximum Gasteiger partial charge on any atom is 0.227 e. The molecule has 2 N–H and O–H groups in total. The summed E-state index contributed by atoms with van der Waals surface area (Å²) in [5, 5.41) is 8.91. The monoisotopic (exact) mass is 347 g/mol. The third-order valence-electron chi connectivity index (χ3n) is 4.36. The highest BCUT2D eigenvalue weighted by Gasteiger charge is 2.31. The van der Waals surface area contributed by atoms with Crippen LogP contribution in [0.25, 0.3) is 15.9 Å². The second-order valence-corrected chi connectivity index (χ2v) is 8.31. The van der Waals surface area contributed by atoms with E-state index in [0.717, 1.165) is 41.3 Å². The van der Waals surface area contributed by atoms with Gasteiger partial charge in [-0.1, -0.05) is 0 Å². The zero-order valence-corrected chi connectivity index (χ0v) is 15.3. The molecule has 7 nitrogen and oxygen atoms in total. The fraction of sp³-hybridized carbons (Fsp3) is 0.562. The first-order chi connectivity index (χ1) is 11.4. The summed E-state index contributed by atoms with van der Waals surface area (Å²) in [6.07, 6.45) is 2.48. The van der Waals surface area contributed by atoms with Crippen LogP contribution in [0.15, 0.2) is 6.33 Å². The summed E-state index contributed by atoms with van der Waals surface area (Å²) in [5.74, 6) is 0.759. The Balaban J connectivity index is 1.82. The number of anilines is 1. The van der Waals surface area contributed by atoms with E-state index in [1.54, 1.807) is 17.7 Å². The van der Waals surface area contributed by atoms with Gasteiger partial charge in [-0.2, -0.15) is 9.61 Å². The first-order valence-corrected chi connectivity index (χ1v) is 9.07. The molecule has 0 unspecified atom stereocenters. The standard InChI is InChI=1S/C16H22N6OS/c1-16(2)7-10-11(8-23-16)24-14-12(10)13-18-9-19-22(13)15(20-14)17-5-6-21(3)4/h9H,5-8H2,1-4H3,(H,17,20)/p+1. The number of likely N-dealkylation sites (N-methyl/N-ethyl adjacent to an activating group) is 1. The predicted molar refractivity (Wildman–Crippen MR) is 94.9 cm³/mol. The quantitative estimate of drug-likeness (QED) is 0.729. The van der Waals surface area contributed by atoms with Crippen LogP contribution in [-0.4, -0.2) is 52.4 Å². The van der Waals surface area contributed by atoms with Gasteiger partial charge in [0.2, 0.25) is 5.95 Å². The van der Waals surface area contributed by atoms with E-state index in [1.165, 1.54) is 15.3 Å². The Kier molecular flexibility index (Phi) is 3.70. The van der Waals surface area contributed by atoms with Gasteiger partial charge in [0.1, 0.15) is 11.2 Å². The minimum atomic E-state index is -0.149. The summed E-state index contributed by atoms with van der Waals surface area (Å²) in [6.45, 7) is 6.77. The first kappa shape index (κ1) is 15.7. The van der Waals surface area contributed by atoms with Crippen molar-refractivity contribution in [2.24, 2.45) is 0 Å². The molecule has 4 heterocycles. The number of fused-ring (bicyclic) bond motifs is 5. The van der Waals surface area contributed by atoms with Crippen molar-refractivity contribution in [1.29, 1.82) is 0 Å². The average Bonchev–Trinajstić information content (AvgIpc) is 3.09. The second-order valence-electron chi connectivity index (χ2n) is 7.22. The lowest BCUT2D eigenvalue weighted by atomic mass is 9.94. The fourth-order valence-corrected chi connectivity index (χ4v) is 4.19. The molecule has 4 rings (SSSR count). The van der Waals surface area contributed by atoms with Gasteiger partial charge < -0.3 is 15.0 Å². The van der Waals surface area contributed by atoms with E-state index in [2.05, 4.69) is 43.3 Å². The smallest absolute Gasteiger partial charge is 0.227 e. The van der Waals surface area contributed by atoms with Gasteiger partial charge in [-0.05, 0) is 19.4 Å². The van der Waals surface area contributed by atoms with Gasteiger partial charge in [-0.25, -0.2) is 9.97 Å². The van der Waals surface area contributed by atoms with Gasteiger partial charge in [0, 0.05) is 11.3 Å². The molecule has 0 bridgehead atoms. The average molecular weight is 347 g/mol. The summed E-state index contributed by atoms with van der Waals surface area (Å²) in [5.41, 5.74) is 2.06. The zero-order valence-electron chi connectivity index (χ0n) is 14.5. The highest BCUT2D eigenvalue weighted by Crippen LogP contribution is 2.40. The molecule has 1 aliphatic heterocycles. The summed E-state index contributed by atoms with van der Waals surface area (Å²) >= 11 is 1.71. The van der Waals surface area contributed by atoms with Crippen LogP contribution in [0.4, 0.5) is 5.95 Å². The topological polar surface area (TPSA) is 68.8 Å². The fourth-order valence-electron chi connectivity index (χ4n) is 3.10. The van der Waals surface area contributed by atoms with Crippen LogP contribution >= 0.6 is 11.3 Å². The largest absolute Gasteiger partial charge is 0.370 e. The van der Waals surface area contributed by atoms with Crippen molar-refractivity contribution in [3.05, 3.63) is 16.8 Å². The lowest BCUT2D eigenvalue weighted by Gasteiger charge is -2.30. The molecule has 0 radical (unpaired) electrons. The highest BCUT2D eigenvalue weighted by molar-refractivity contribution is 7.19. The third-order valence-corrected chi connectivity index (χ3v) is 5.46. The molecule has 1 aliphatic rings. The van der Waals surface area contributed by atoms with E-state index in [1.807, 2.05) is 4.52 Å². The Morgan fingerprint density at radius 3 is 3.04 bits per heavy atom. The number of aromatic nitrogens is 4. The third kappa shape index (κ3) is 2.64. The Labute approximate surface area is 144 Å². The Bertz CT molecular complexity index is 897. The summed E-state index contributed by atoms with van der Waals surface area (Å²) in [4.78, 5) is 13.0. The number of thiophene rings is 1. The van der Waals surface area contributed by atoms with E-state index in [9.17, 15) is 0 Å². The van der Waals surface area contributed by atoms with E-state index in [4.69, 9.17) is 9.72 Å². The number of hydrogen-bond donors (Lipinski definition) is 2. The Hall–Kier alpha value is -1.77. The highest BCUT2D eigenvalue weighted by atomic mass is 32.1. The van der Waals surface area contributed by atoms with Gasteiger partial charge in [-0.15, -0.1) is 11.3 Å². The molecular formula is C16H23N6OS+. The number of ether oxygens (including phenoxy) is 1. The van der Waals surface area contributed by atoms with E-state index < -0.39 is 0 Å². The van der Waals surface area contributed by atoms with Gasteiger partial charge in [0.15, 0.2) is 5.65 Å². The van der Waals surface area contributed by atoms with Crippen LogP contribution in [0.2, 0.25) is 0 Å². The molecule has 3 aromatic rings. The predicted octanol–water partition coefficient (Wildman–Crippen LogP) is 0.747. The van der Waals surface area contributed by atoms with Crippen molar-refractivity contribution in [2.75, 3.05) is 32.5 Å². The van der Waals surface area contributed by atoms with Gasteiger partial charge in [0.25, 0.3) is 0 Å². The number of nitrogens with zero attached hydrogens (tertiary/aromatic N) is 4. The maximum atomic E-state index is 5.96. The van der Waals surface area contributed by atoms with Crippen LogP contribution in [0.1, 0.15) is 24.3 Å². The van der Waals surface area contributed by atoms with Crippen molar-refractivity contribution in [1.82, 2.24) is 19.6 Å². The molecule has 128 valence electrons. The normalized spacial score (nSPS) is 16.9. The molecule has 0 saturated heterocycles. The molecular weight excluding hydrogens is 324 g/mol. The Morgan fingerprint density at radius 2 is 2.25 bits per heavy atom. The lowest BCUT2D eigenvalue weighted by molar-refractivity contribution is -0.856. The Morgan fingerprint density at radius 1 is 1.42 bits per heavy atom. The van der Waals surface area contributed by atoms with E-state index in [-0.39, 0.29) is 5.60 Å². The second kappa shape index (κ2) is 5.65. The number of rotatable bonds is 4. The molecule has 0 aliphatic carbocycles. The van der Waals surface area contributed by atoms with Crippen LogP contribution in [-0.2, 0) is 17.8 Å². The van der Waals surface area contributed by atoms with E-state index >= 15 is 0 Å². The number of quaternary nitrogens is 1. The van der Waals surface area contributed by atoms with Crippen LogP contribution in [0.5, 0.6) is 0 Å². The maximum absolute atomic E-state index is 5.96. The van der Waals surface area contributed by atoms with Crippen LogP contribution in [0.3, 0.4) is 0 Å². The summed E-state index contributed by atoms with van der Waals surface area (Å²) in [6, 6.07) is 0. The van der Waals surface area contributed by atoms with Crippen molar-refractivity contribution >= 4 is 33.1 Å². The van der Waals surface area contributed by atoms with Gasteiger partial charge in [-0.3, -0.25) is 0 Å². The lowest BCUT2D eigenvalue weighted by Crippen LogP contribution is -3.06. The summed E-state index contributed by atoms with van der Waals surface area (Å²) in [7, 11) is 4.27. The molecule has 0 fully saturated rings. The molecule has 3 aromatic heterocycles. The molecule has 8 heteroatoms. The first-order valence-electron chi connectivity index (χ1n) is 8.25. The minimum absolute atomic E-state index is 0.149. The van der Waals surface area contributed by atoms with Gasteiger partial charge >= 0.3 is 0 Å². The zero-order chi connectivity index (χ0) is 16.9. The van der Waals surface area contributed by atoms with E-state index in [0.29, 0.717) is 6.61 Å². The van der Waals surface area contributed by atoms with Crippen molar-refractivity contribution in [3.8, 4) is 0 Å².